The Morgan fingerprint density at radius 3 is 2.58 bits per heavy atom. The lowest BCUT2D eigenvalue weighted by Crippen LogP contribution is -2.24. The molecule has 0 aliphatic carbocycles. The lowest BCUT2D eigenvalue weighted by Gasteiger charge is -2.10. The Labute approximate surface area is 157 Å². The largest absolute Gasteiger partial charge is 0.323 e. The minimum atomic E-state index is -0.0614. The van der Waals surface area contributed by atoms with Gasteiger partial charge in [0.2, 0.25) is 0 Å². The average molecular weight is 359 g/mol. The summed E-state index contributed by atoms with van der Waals surface area (Å²) < 4.78 is 0. The molecule has 0 spiro atoms. The molecule has 0 atom stereocenters. The summed E-state index contributed by atoms with van der Waals surface area (Å²) in [5.41, 5.74) is 4.48. The second-order valence-corrected chi connectivity index (χ2v) is 6.46. The number of amides is 1. The van der Waals surface area contributed by atoms with Gasteiger partial charge in [-0.3, -0.25) is 9.78 Å². The predicted octanol–water partition coefficient (Wildman–Crippen LogP) is 4.41. The van der Waals surface area contributed by atoms with Gasteiger partial charge in [-0.15, -0.1) is 0 Å². The van der Waals surface area contributed by atoms with Gasteiger partial charge in [-0.05, 0) is 53.1 Å². The zero-order valence-electron chi connectivity index (χ0n) is 13.9. The molecular weight excluding hydrogens is 344 g/mol. The Balaban J connectivity index is 1.58. The fourth-order valence-electron chi connectivity index (χ4n) is 3.06. The first-order chi connectivity index (χ1) is 12.7. The highest BCUT2D eigenvalue weighted by Crippen LogP contribution is 2.34. The topological polar surface area (TPSA) is 33.2 Å². The van der Waals surface area contributed by atoms with E-state index in [9.17, 15) is 4.79 Å². The predicted molar refractivity (Wildman–Crippen MR) is 103 cm³/mol. The lowest BCUT2D eigenvalue weighted by atomic mass is 10.0. The molecule has 1 amide bonds. The Morgan fingerprint density at radius 2 is 1.81 bits per heavy atom. The summed E-state index contributed by atoms with van der Waals surface area (Å²) in [5.74, 6) is 6.10. The number of benzene rings is 2. The first-order valence-electron chi connectivity index (χ1n) is 8.28. The molecule has 0 bridgehead atoms. The second kappa shape index (κ2) is 7.03. The molecule has 3 aromatic rings. The van der Waals surface area contributed by atoms with Crippen molar-refractivity contribution < 1.29 is 4.79 Å². The van der Waals surface area contributed by atoms with E-state index in [0.717, 1.165) is 22.3 Å². The molecule has 0 saturated carbocycles. The van der Waals surface area contributed by atoms with Crippen molar-refractivity contribution >= 4 is 17.5 Å². The average Bonchev–Trinajstić information content (AvgIpc) is 2.99. The molecule has 26 heavy (non-hydrogen) atoms. The van der Waals surface area contributed by atoms with Gasteiger partial charge < -0.3 is 4.90 Å². The van der Waals surface area contributed by atoms with Crippen LogP contribution in [0.1, 0.15) is 21.5 Å². The van der Waals surface area contributed by atoms with Gasteiger partial charge in [-0.2, -0.15) is 0 Å². The van der Waals surface area contributed by atoms with Crippen LogP contribution < -0.4 is 0 Å². The highest BCUT2D eigenvalue weighted by Gasteiger charge is 2.29. The number of fused-ring (bicyclic) bond motifs is 1. The van der Waals surface area contributed by atoms with Crippen LogP contribution >= 0.6 is 11.6 Å². The van der Waals surface area contributed by atoms with Gasteiger partial charge in [0.1, 0.15) is 0 Å². The van der Waals surface area contributed by atoms with Crippen LogP contribution in [0.2, 0.25) is 5.02 Å². The first kappa shape index (κ1) is 16.4. The van der Waals surface area contributed by atoms with E-state index in [4.69, 9.17) is 11.6 Å². The monoisotopic (exact) mass is 358 g/mol. The molecule has 1 aliphatic heterocycles. The van der Waals surface area contributed by atoms with E-state index in [2.05, 4.69) is 16.8 Å². The molecule has 126 valence electrons. The first-order valence-corrected chi connectivity index (χ1v) is 8.66. The number of carbonyl (C=O) groups excluding carboxylic acids is 1. The number of aromatic nitrogens is 1. The van der Waals surface area contributed by atoms with E-state index in [-0.39, 0.29) is 5.91 Å². The molecule has 1 aromatic heterocycles. The molecule has 3 nitrogen and oxygen atoms in total. The molecule has 0 radical (unpaired) electrons. The number of hydrogen-bond donors (Lipinski definition) is 0. The highest BCUT2D eigenvalue weighted by molar-refractivity contribution is 6.34. The van der Waals surface area contributed by atoms with Crippen LogP contribution in [0.3, 0.4) is 0 Å². The maximum Gasteiger partial charge on any atom is 0.256 e. The fraction of sp³-hybridized carbons (Fsp3) is 0.0909. The Hall–Kier alpha value is -3.09. The highest BCUT2D eigenvalue weighted by atomic mass is 35.5. The number of hydrogen-bond acceptors (Lipinski definition) is 2. The zero-order valence-corrected chi connectivity index (χ0v) is 14.7. The summed E-state index contributed by atoms with van der Waals surface area (Å²) in [4.78, 5) is 18.4. The smallest absolute Gasteiger partial charge is 0.256 e. The molecule has 0 saturated heterocycles. The molecule has 4 heteroatoms. The standard InChI is InChI=1S/C22H15ClN2O/c23-20-14-18(17-8-10-24-11-9-17)13-19-15-25(22(26)21(19)20)12-4-7-16-5-2-1-3-6-16/h1-3,5-6,8-11,13-14H,12,15H2. The van der Waals surface area contributed by atoms with E-state index in [1.165, 1.54) is 0 Å². The number of pyridine rings is 1. The number of carbonyl (C=O) groups is 1. The number of halogens is 1. The lowest BCUT2D eigenvalue weighted by molar-refractivity contribution is 0.0799. The molecule has 0 fully saturated rings. The second-order valence-electron chi connectivity index (χ2n) is 6.06. The summed E-state index contributed by atoms with van der Waals surface area (Å²) >= 11 is 6.42. The van der Waals surface area contributed by atoms with Gasteiger partial charge in [0, 0.05) is 24.5 Å². The van der Waals surface area contributed by atoms with E-state index in [1.54, 1.807) is 17.3 Å². The van der Waals surface area contributed by atoms with Crippen LogP contribution in [0.5, 0.6) is 0 Å². The summed E-state index contributed by atoms with van der Waals surface area (Å²) in [7, 11) is 0. The van der Waals surface area contributed by atoms with E-state index >= 15 is 0 Å². The van der Waals surface area contributed by atoms with Crippen molar-refractivity contribution in [3.05, 3.63) is 88.7 Å². The number of nitrogens with zero attached hydrogens (tertiary/aromatic N) is 2. The van der Waals surface area contributed by atoms with Crippen molar-refractivity contribution in [1.29, 1.82) is 0 Å². The zero-order chi connectivity index (χ0) is 17.9. The Morgan fingerprint density at radius 1 is 1.04 bits per heavy atom. The molecule has 2 aromatic carbocycles. The van der Waals surface area contributed by atoms with Crippen LogP contribution in [0.4, 0.5) is 0 Å². The minimum Gasteiger partial charge on any atom is -0.323 e. The van der Waals surface area contributed by atoms with Gasteiger partial charge >= 0.3 is 0 Å². The summed E-state index contributed by atoms with van der Waals surface area (Å²) in [6.07, 6.45) is 3.49. The van der Waals surface area contributed by atoms with Crippen molar-refractivity contribution in [2.75, 3.05) is 6.54 Å². The molecule has 0 unspecified atom stereocenters. The van der Waals surface area contributed by atoms with Gasteiger partial charge in [0.15, 0.2) is 0 Å². The fourth-order valence-corrected chi connectivity index (χ4v) is 3.38. The van der Waals surface area contributed by atoms with Crippen molar-refractivity contribution in [3.63, 3.8) is 0 Å². The number of rotatable bonds is 2. The summed E-state index contributed by atoms with van der Waals surface area (Å²) in [5, 5.41) is 0.484. The van der Waals surface area contributed by atoms with Gasteiger partial charge in [-0.25, -0.2) is 0 Å². The molecule has 0 N–H and O–H groups in total. The third-order valence-corrected chi connectivity index (χ3v) is 4.62. The SMILES string of the molecule is O=C1c2c(Cl)cc(-c3ccncc3)cc2CN1CC#Cc1ccccc1. The Kier molecular flexibility index (Phi) is 4.43. The van der Waals surface area contributed by atoms with Crippen LogP contribution in [0.25, 0.3) is 11.1 Å². The van der Waals surface area contributed by atoms with Crippen molar-refractivity contribution in [3.8, 4) is 23.0 Å². The van der Waals surface area contributed by atoms with Gasteiger partial charge in [-0.1, -0.05) is 41.6 Å². The third kappa shape index (κ3) is 3.20. The molecule has 1 aliphatic rings. The van der Waals surface area contributed by atoms with Gasteiger partial charge in [0.05, 0.1) is 17.1 Å². The Bertz CT molecular complexity index is 1020. The van der Waals surface area contributed by atoms with Gasteiger partial charge in [0.25, 0.3) is 5.91 Å². The minimum absolute atomic E-state index is 0.0614. The third-order valence-electron chi connectivity index (χ3n) is 4.32. The van der Waals surface area contributed by atoms with Crippen LogP contribution in [0.15, 0.2) is 67.0 Å². The summed E-state index contributed by atoms with van der Waals surface area (Å²) in [6, 6.07) is 17.5. The maximum atomic E-state index is 12.7. The van der Waals surface area contributed by atoms with Crippen LogP contribution in [0, 0.1) is 11.8 Å². The van der Waals surface area contributed by atoms with Crippen molar-refractivity contribution in [2.45, 2.75) is 6.54 Å². The molecule has 2 heterocycles. The maximum absolute atomic E-state index is 12.7. The molecule has 4 rings (SSSR count). The quantitative estimate of drug-likeness (QED) is 0.636. The van der Waals surface area contributed by atoms with E-state index < -0.39 is 0 Å². The van der Waals surface area contributed by atoms with E-state index in [0.29, 0.717) is 23.7 Å². The molecular formula is C22H15ClN2O. The van der Waals surface area contributed by atoms with E-state index in [1.807, 2.05) is 54.6 Å². The van der Waals surface area contributed by atoms with Crippen LogP contribution in [-0.4, -0.2) is 22.3 Å². The van der Waals surface area contributed by atoms with Crippen molar-refractivity contribution in [1.82, 2.24) is 9.88 Å². The van der Waals surface area contributed by atoms with Crippen LogP contribution in [-0.2, 0) is 6.54 Å². The summed E-state index contributed by atoms with van der Waals surface area (Å²) in [6.45, 7) is 0.902. The van der Waals surface area contributed by atoms with Crippen molar-refractivity contribution in [2.24, 2.45) is 0 Å². The normalized spacial score (nSPS) is 12.5.